The predicted octanol–water partition coefficient (Wildman–Crippen LogP) is 2.84. The highest BCUT2D eigenvalue weighted by Gasteiger charge is 2.15. The molecule has 1 saturated heterocycles. The lowest BCUT2D eigenvalue weighted by Crippen LogP contribution is -2.39. The smallest absolute Gasteiger partial charge is 0.193 e. The molecular formula is C22H38N4O2. The van der Waals surface area contributed by atoms with Gasteiger partial charge in [0, 0.05) is 46.9 Å². The van der Waals surface area contributed by atoms with E-state index >= 15 is 0 Å². The summed E-state index contributed by atoms with van der Waals surface area (Å²) in [6.45, 7) is 5.40. The maximum Gasteiger partial charge on any atom is 0.193 e. The molecule has 0 aliphatic carbocycles. The van der Waals surface area contributed by atoms with Crippen molar-refractivity contribution in [2.45, 2.75) is 32.2 Å². The Labute approximate surface area is 170 Å². The predicted molar refractivity (Wildman–Crippen MR) is 116 cm³/mol. The maximum atomic E-state index is 5.80. The quantitative estimate of drug-likeness (QED) is 0.378. The van der Waals surface area contributed by atoms with Gasteiger partial charge in [0.2, 0.25) is 0 Å². The van der Waals surface area contributed by atoms with E-state index in [1.54, 1.807) is 0 Å². The first-order chi connectivity index (χ1) is 13.6. The van der Waals surface area contributed by atoms with Gasteiger partial charge in [-0.3, -0.25) is 4.99 Å². The molecule has 0 bridgehead atoms. The van der Waals surface area contributed by atoms with Gasteiger partial charge in [0.25, 0.3) is 0 Å². The Morgan fingerprint density at radius 3 is 2.50 bits per heavy atom. The van der Waals surface area contributed by atoms with Gasteiger partial charge in [-0.15, -0.1) is 0 Å². The molecule has 1 N–H and O–H groups in total. The summed E-state index contributed by atoms with van der Waals surface area (Å²) >= 11 is 0. The van der Waals surface area contributed by atoms with Crippen LogP contribution in [0.25, 0.3) is 0 Å². The van der Waals surface area contributed by atoms with Crippen LogP contribution < -0.4 is 10.1 Å². The summed E-state index contributed by atoms with van der Waals surface area (Å²) in [5.41, 5.74) is 1.22. The normalized spacial score (nSPS) is 15.7. The van der Waals surface area contributed by atoms with Crippen molar-refractivity contribution in [1.29, 1.82) is 0 Å². The Bertz CT molecular complexity index is 568. The van der Waals surface area contributed by atoms with Gasteiger partial charge in [0.05, 0.1) is 6.61 Å². The number of hydrogen-bond donors (Lipinski definition) is 1. The largest absolute Gasteiger partial charge is 0.494 e. The first-order valence-electron chi connectivity index (χ1n) is 10.4. The number of nitrogens with zero attached hydrogens (tertiary/aromatic N) is 3. The molecule has 6 heteroatoms. The monoisotopic (exact) mass is 390 g/mol. The number of ether oxygens (including phenoxy) is 2. The summed E-state index contributed by atoms with van der Waals surface area (Å²) in [5, 5.41) is 3.46. The molecule has 1 aromatic rings. The summed E-state index contributed by atoms with van der Waals surface area (Å²) in [4.78, 5) is 8.82. The minimum atomic E-state index is 0.750. The summed E-state index contributed by atoms with van der Waals surface area (Å²) in [6.07, 6.45) is 4.60. The summed E-state index contributed by atoms with van der Waals surface area (Å²) in [5.74, 6) is 2.65. The van der Waals surface area contributed by atoms with Crippen LogP contribution in [-0.2, 0) is 11.3 Å². The Kier molecular flexibility index (Phi) is 10.1. The van der Waals surface area contributed by atoms with Gasteiger partial charge in [0.1, 0.15) is 5.75 Å². The van der Waals surface area contributed by atoms with Crippen LogP contribution in [-0.4, -0.2) is 76.9 Å². The number of rotatable bonds is 10. The second-order valence-electron chi connectivity index (χ2n) is 7.82. The number of hydrogen-bond acceptors (Lipinski definition) is 4. The number of nitrogens with one attached hydrogen (secondary N) is 1. The molecule has 2 rings (SSSR count). The zero-order valence-corrected chi connectivity index (χ0v) is 18.1. The molecule has 0 unspecified atom stereocenters. The third-order valence-electron chi connectivity index (χ3n) is 5.18. The zero-order valence-electron chi connectivity index (χ0n) is 18.1. The van der Waals surface area contributed by atoms with Crippen molar-refractivity contribution in [2.75, 3.05) is 61.1 Å². The van der Waals surface area contributed by atoms with Gasteiger partial charge in [0.15, 0.2) is 5.96 Å². The third kappa shape index (κ3) is 8.48. The third-order valence-corrected chi connectivity index (χ3v) is 5.18. The van der Waals surface area contributed by atoms with Crippen LogP contribution in [0, 0.1) is 5.92 Å². The number of aliphatic imine (C=N–C) groups is 1. The number of guanidine groups is 1. The van der Waals surface area contributed by atoms with Gasteiger partial charge in [-0.1, -0.05) is 12.1 Å². The van der Waals surface area contributed by atoms with Crippen molar-refractivity contribution in [3.63, 3.8) is 0 Å². The van der Waals surface area contributed by atoms with Crippen LogP contribution >= 0.6 is 0 Å². The van der Waals surface area contributed by atoms with Gasteiger partial charge in [-0.2, -0.15) is 0 Å². The molecule has 1 heterocycles. The molecule has 0 aromatic heterocycles. The molecule has 158 valence electrons. The van der Waals surface area contributed by atoms with E-state index in [-0.39, 0.29) is 0 Å². The van der Waals surface area contributed by atoms with Gasteiger partial charge in [-0.25, -0.2) is 0 Å². The zero-order chi connectivity index (χ0) is 20.2. The fourth-order valence-electron chi connectivity index (χ4n) is 3.36. The number of benzene rings is 1. The topological polar surface area (TPSA) is 49.3 Å². The van der Waals surface area contributed by atoms with Crippen LogP contribution in [0.1, 0.15) is 31.2 Å². The molecule has 1 aliphatic heterocycles. The highest BCUT2D eigenvalue weighted by atomic mass is 16.5. The van der Waals surface area contributed by atoms with Crippen molar-refractivity contribution in [2.24, 2.45) is 10.9 Å². The van der Waals surface area contributed by atoms with E-state index in [4.69, 9.17) is 9.47 Å². The molecule has 0 spiro atoms. The van der Waals surface area contributed by atoms with Crippen LogP contribution in [0.5, 0.6) is 5.75 Å². The summed E-state index contributed by atoms with van der Waals surface area (Å²) < 4.78 is 11.2. The molecule has 1 fully saturated rings. The Morgan fingerprint density at radius 2 is 1.86 bits per heavy atom. The molecular weight excluding hydrogens is 352 g/mol. The Morgan fingerprint density at radius 1 is 1.14 bits per heavy atom. The fourth-order valence-corrected chi connectivity index (χ4v) is 3.36. The van der Waals surface area contributed by atoms with Crippen molar-refractivity contribution >= 4 is 5.96 Å². The Hall–Kier alpha value is -1.79. The van der Waals surface area contributed by atoms with E-state index in [1.165, 1.54) is 24.8 Å². The van der Waals surface area contributed by atoms with Gasteiger partial charge >= 0.3 is 0 Å². The van der Waals surface area contributed by atoms with E-state index < -0.39 is 0 Å². The fraction of sp³-hybridized carbons (Fsp3) is 0.682. The van der Waals surface area contributed by atoms with E-state index in [1.807, 2.05) is 19.2 Å². The average Bonchev–Trinajstić information content (AvgIpc) is 2.71. The molecule has 0 amide bonds. The molecule has 0 radical (unpaired) electrons. The maximum absolute atomic E-state index is 5.80. The van der Waals surface area contributed by atoms with Crippen LogP contribution in [0.3, 0.4) is 0 Å². The van der Waals surface area contributed by atoms with Crippen molar-refractivity contribution < 1.29 is 9.47 Å². The lowest BCUT2D eigenvalue weighted by Gasteiger charge is -2.26. The Balaban J connectivity index is 1.70. The molecule has 0 atom stereocenters. The van der Waals surface area contributed by atoms with Crippen LogP contribution in [0.4, 0.5) is 0 Å². The molecule has 6 nitrogen and oxygen atoms in total. The highest BCUT2D eigenvalue weighted by Crippen LogP contribution is 2.18. The van der Waals surface area contributed by atoms with Crippen molar-refractivity contribution in [1.82, 2.24) is 15.1 Å². The van der Waals surface area contributed by atoms with Crippen LogP contribution in [0.2, 0.25) is 0 Å². The summed E-state index contributed by atoms with van der Waals surface area (Å²) in [7, 11) is 8.12. The molecule has 1 aliphatic rings. The van der Waals surface area contributed by atoms with Gasteiger partial charge in [-0.05, 0) is 63.4 Å². The van der Waals surface area contributed by atoms with E-state index in [2.05, 4.69) is 53.4 Å². The van der Waals surface area contributed by atoms with Crippen molar-refractivity contribution in [3.8, 4) is 5.75 Å². The van der Waals surface area contributed by atoms with Crippen LogP contribution in [0.15, 0.2) is 29.3 Å². The minimum Gasteiger partial charge on any atom is -0.494 e. The average molecular weight is 391 g/mol. The first kappa shape index (κ1) is 22.5. The second-order valence-corrected chi connectivity index (χ2v) is 7.82. The van der Waals surface area contributed by atoms with E-state index in [9.17, 15) is 0 Å². The lowest BCUT2D eigenvalue weighted by atomic mass is 9.96. The summed E-state index contributed by atoms with van der Waals surface area (Å²) in [6, 6.07) is 8.32. The standard InChI is InChI=1S/C22H38N4O2/c1-23-22(26(4)14-10-19-11-16-27-17-12-19)24-18-20-6-8-21(9-7-20)28-15-5-13-25(2)3/h6-9,19H,5,10-18H2,1-4H3,(H,23,24). The minimum absolute atomic E-state index is 0.750. The van der Waals surface area contributed by atoms with Gasteiger partial charge < -0.3 is 24.6 Å². The molecule has 0 saturated carbocycles. The first-order valence-corrected chi connectivity index (χ1v) is 10.4. The second kappa shape index (κ2) is 12.6. The van der Waals surface area contributed by atoms with E-state index in [0.717, 1.165) is 63.5 Å². The highest BCUT2D eigenvalue weighted by molar-refractivity contribution is 5.79. The molecule has 28 heavy (non-hydrogen) atoms. The SMILES string of the molecule is CN=C(NCc1ccc(OCCCN(C)C)cc1)N(C)CCC1CCOCC1. The molecule has 1 aromatic carbocycles. The van der Waals surface area contributed by atoms with E-state index in [0.29, 0.717) is 0 Å². The lowest BCUT2D eigenvalue weighted by molar-refractivity contribution is 0.0625. The van der Waals surface area contributed by atoms with Crippen molar-refractivity contribution in [3.05, 3.63) is 29.8 Å².